The number of hydrogen-bond acceptors (Lipinski definition) is 3. The van der Waals surface area contributed by atoms with Gasteiger partial charge in [-0.15, -0.1) is 0 Å². The van der Waals surface area contributed by atoms with Gasteiger partial charge in [0, 0.05) is 32.4 Å². The van der Waals surface area contributed by atoms with Crippen molar-refractivity contribution in [3.8, 4) is 0 Å². The highest BCUT2D eigenvalue weighted by molar-refractivity contribution is 5.46. The molecule has 2 rings (SSSR count). The molecule has 21 heavy (non-hydrogen) atoms. The molecule has 1 aromatic carbocycles. The third-order valence-corrected chi connectivity index (χ3v) is 4.71. The quantitative estimate of drug-likeness (QED) is 0.873. The van der Waals surface area contributed by atoms with Gasteiger partial charge in [-0.25, -0.2) is 0 Å². The van der Waals surface area contributed by atoms with E-state index >= 15 is 0 Å². The first kappa shape index (κ1) is 16.3. The van der Waals surface area contributed by atoms with E-state index in [1.807, 2.05) is 0 Å². The maximum atomic E-state index is 10.7. The van der Waals surface area contributed by atoms with Gasteiger partial charge in [0.2, 0.25) is 0 Å². The summed E-state index contributed by atoms with van der Waals surface area (Å²) in [5.74, 6) is 0.639. The Morgan fingerprint density at radius 1 is 1.33 bits per heavy atom. The number of aliphatic hydroxyl groups is 1. The van der Waals surface area contributed by atoms with E-state index in [1.54, 1.807) is 0 Å². The van der Waals surface area contributed by atoms with Gasteiger partial charge >= 0.3 is 0 Å². The van der Waals surface area contributed by atoms with E-state index in [4.69, 9.17) is 0 Å². The minimum absolute atomic E-state index is 0.266. The van der Waals surface area contributed by atoms with Gasteiger partial charge in [0.05, 0.1) is 5.60 Å². The molecule has 0 aromatic heterocycles. The Morgan fingerprint density at radius 2 is 2.00 bits per heavy atom. The lowest BCUT2D eigenvalue weighted by Gasteiger charge is -2.36. The van der Waals surface area contributed by atoms with Crippen molar-refractivity contribution in [2.75, 3.05) is 25.5 Å². The van der Waals surface area contributed by atoms with Gasteiger partial charge in [0.15, 0.2) is 0 Å². The smallest absolute Gasteiger partial charge is 0.0774 e. The highest BCUT2D eigenvalue weighted by atomic mass is 16.3. The van der Waals surface area contributed by atoms with E-state index in [0.717, 1.165) is 19.3 Å². The second-order valence-corrected chi connectivity index (χ2v) is 7.01. The summed E-state index contributed by atoms with van der Waals surface area (Å²) < 4.78 is 0. The van der Waals surface area contributed by atoms with E-state index < -0.39 is 5.60 Å². The molecule has 0 radical (unpaired) electrons. The van der Waals surface area contributed by atoms with Crippen LogP contribution in [0.5, 0.6) is 0 Å². The lowest BCUT2D eigenvalue weighted by molar-refractivity contribution is -0.0134. The summed E-state index contributed by atoms with van der Waals surface area (Å²) in [5.41, 5.74) is 1.97. The molecule has 0 saturated heterocycles. The van der Waals surface area contributed by atoms with Crippen molar-refractivity contribution >= 4 is 5.69 Å². The van der Waals surface area contributed by atoms with Crippen LogP contribution in [0.4, 0.5) is 5.69 Å². The SMILES string of the molecule is CC1CCCC(O)(CNC(C)c2ccc(N(C)C)cc2)C1. The average Bonchev–Trinajstić information content (AvgIpc) is 2.45. The first-order valence-electron chi connectivity index (χ1n) is 8.13. The fraction of sp³-hybridized carbons (Fsp3) is 0.667. The van der Waals surface area contributed by atoms with E-state index in [0.29, 0.717) is 12.5 Å². The van der Waals surface area contributed by atoms with Crippen LogP contribution in [0.25, 0.3) is 0 Å². The summed E-state index contributed by atoms with van der Waals surface area (Å²) in [6.07, 6.45) is 4.25. The van der Waals surface area contributed by atoms with Crippen molar-refractivity contribution in [1.82, 2.24) is 5.32 Å². The zero-order valence-corrected chi connectivity index (χ0v) is 13.9. The summed E-state index contributed by atoms with van der Waals surface area (Å²) in [6, 6.07) is 8.89. The van der Waals surface area contributed by atoms with E-state index in [2.05, 4.69) is 62.4 Å². The van der Waals surface area contributed by atoms with Gasteiger partial charge in [-0.1, -0.05) is 31.9 Å². The number of nitrogens with zero attached hydrogens (tertiary/aromatic N) is 1. The first-order valence-corrected chi connectivity index (χ1v) is 8.13. The molecule has 2 N–H and O–H groups in total. The van der Waals surface area contributed by atoms with Crippen LogP contribution in [0.2, 0.25) is 0 Å². The van der Waals surface area contributed by atoms with Crippen molar-refractivity contribution in [1.29, 1.82) is 0 Å². The highest BCUT2D eigenvalue weighted by Gasteiger charge is 2.32. The van der Waals surface area contributed by atoms with Crippen LogP contribution in [-0.2, 0) is 0 Å². The van der Waals surface area contributed by atoms with Crippen LogP contribution in [0, 0.1) is 5.92 Å². The maximum absolute atomic E-state index is 10.7. The largest absolute Gasteiger partial charge is 0.389 e. The molecule has 1 aromatic rings. The molecule has 1 fully saturated rings. The second kappa shape index (κ2) is 6.80. The van der Waals surface area contributed by atoms with Crippen molar-refractivity contribution in [3.63, 3.8) is 0 Å². The molecule has 1 aliphatic rings. The molecule has 3 heteroatoms. The van der Waals surface area contributed by atoms with Crippen molar-refractivity contribution < 1.29 is 5.11 Å². The molecular weight excluding hydrogens is 260 g/mol. The summed E-state index contributed by atoms with van der Waals surface area (Å²) in [5, 5.41) is 14.2. The van der Waals surface area contributed by atoms with Crippen LogP contribution in [0.15, 0.2) is 24.3 Å². The van der Waals surface area contributed by atoms with E-state index in [1.165, 1.54) is 17.7 Å². The molecule has 1 aliphatic carbocycles. The van der Waals surface area contributed by atoms with Gasteiger partial charge in [-0.05, 0) is 43.4 Å². The zero-order chi connectivity index (χ0) is 15.5. The molecule has 0 aliphatic heterocycles. The first-order chi connectivity index (χ1) is 9.89. The second-order valence-electron chi connectivity index (χ2n) is 7.01. The number of benzene rings is 1. The van der Waals surface area contributed by atoms with Gasteiger partial charge < -0.3 is 15.3 Å². The van der Waals surface area contributed by atoms with Crippen LogP contribution in [0.3, 0.4) is 0 Å². The summed E-state index contributed by atoms with van der Waals surface area (Å²) in [6.45, 7) is 5.10. The Balaban J connectivity index is 1.90. The van der Waals surface area contributed by atoms with Crippen LogP contribution < -0.4 is 10.2 Å². The van der Waals surface area contributed by atoms with E-state index in [-0.39, 0.29) is 6.04 Å². The molecule has 0 heterocycles. The van der Waals surface area contributed by atoms with Crippen molar-refractivity contribution in [3.05, 3.63) is 29.8 Å². The van der Waals surface area contributed by atoms with Crippen LogP contribution in [0.1, 0.15) is 51.1 Å². The Kier molecular flexibility index (Phi) is 5.28. The molecule has 118 valence electrons. The number of hydrogen-bond donors (Lipinski definition) is 2. The minimum atomic E-state index is -0.518. The molecule has 3 nitrogen and oxygen atoms in total. The predicted molar refractivity (Wildman–Crippen MR) is 89.8 cm³/mol. The normalized spacial score (nSPS) is 27.4. The van der Waals surface area contributed by atoms with Crippen molar-refractivity contribution in [2.45, 2.75) is 51.2 Å². The number of rotatable bonds is 5. The summed E-state index contributed by atoms with van der Waals surface area (Å²) in [7, 11) is 4.10. The summed E-state index contributed by atoms with van der Waals surface area (Å²) >= 11 is 0. The van der Waals surface area contributed by atoms with Gasteiger partial charge in [-0.2, -0.15) is 0 Å². The highest BCUT2D eigenvalue weighted by Crippen LogP contribution is 2.32. The standard InChI is InChI=1S/C18H30N2O/c1-14-6-5-11-18(21,12-14)13-19-15(2)16-7-9-17(10-8-16)20(3)4/h7-10,14-15,19,21H,5-6,11-13H2,1-4H3. The monoisotopic (exact) mass is 290 g/mol. The van der Waals surface area contributed by atoms with Crippen LogP contribution in [-0.4, -0.2) is 31.3 Å². The summed E-state index contributed by atoms with van der Waals surface area (Å²) in [4.78, 5) is 2.11. The molecule has 1 saturated carbocycles. The Hall–Kier alpha value is -1.06. The number of nitrogens with one attached hydrogen (secondary N) is 1. The zero-order valence-electron chi connectivity index (χ0n) is 13.9. The molecule has 3 atom stereocenters. The number of anilines is 1. The van der Waals surface area contributed by atoms with E-state index in [9.17, 15) is 5.11 Å². The van der Waals surface area contributed by atoms with Crippen molar-refractivity contribution in [2.24, 2.45) is 5.92 Å². The van der Waals surface area contributed by atoms with Gasteiger partial charge in [-0.3, -0.25) is 0 Å². The molecular formula is C18H30N2O. The lowest BCUT2D eigenvalue weighted by Crippen LogP contribution is -2.44. The third kappa shape index (κ3) is 4.45. The maximum Gasteiger partial charge on any atom is 0.0774 e. The lowest BCUT2D eigenvalue weighted by atomic mass is 9.79. The molecule has 3 unspecified atom stereocenters. The fourth-order valence-corrected chi connectivity index (χ4v) is 3.31. The van der Waals surface area contributed by atoms with Crippen LogP contribution >= 0.6 is 0 Å². The van der Waals surface area contributed by atoms with Gasteiger partial charge in [0.1, 0.15) is 0 Å². The Labute approximate surface area is 129 Å². The topological polar surface area (TPSA) is 35.5 Å². The molecule has 0 bridgehead atoms. The Morgan fingerprint density at radius 3 is 2.57 bits per heavy atom. The Bertz CT molecular complexity index is 443. The minimum Gasteiger partial charge on any atom is -0.389 e. The fourth-order valence-electron chi connectivity index (χ4n) is 3.31. The third-order valence-electron chi connectivity index (χ3n) is 4.71. The van der Waals surface area contributed by atoms with Gasteiger partial charge in [0.25, 0.3) is 0 Å². The predicted octanol–water partition coefficient (Wildman–Crippen LogP) is 3.34. The molecule has 0 spiro atoms. The average molecular weight is 290 g/mol. The molecule has 0 amide bonds.